The van der Waals surface area contributed by atoms with E-state index in [9.17, 15) is 19.2 Å². The second kappa shape index (κ2) is 9.09. The molecule has 0 bridgehead atoms. The van der Waals surface area contributed by atoms with Crippen LogP contribution in [0.25, 0.3) is 0 Å². The summed E-state index contributed by atoms with van der Waals surface area (Å²) >= 11 is 0. The number of carbonyl (C=O) groups excluding carboxylic acids is 3. The third kappa shape index (κ3) is 7.21. The van der Waals surface area contributed by atoms with Crippen LogP contribution in [0.1, 0.15) is 24.0 Å². The number of nitrogens with one attached hydrogen (secondary N) is 3. The Kier molecular flexibility index (Phi) is 7.15. The monoisotopic (exact) mass is 333 g/mol. The summed E-state index contributed by atoms with van der Waals surface area (Å²) in [6.45, 7) is 3.89. The molecule has 8 heteroatoms. The normalized spacial score (nSPS) is 10.2. The van der Waals surface area contributed by atoms with Gasteiger partial charge in [0.15, 0.2) is 0 Å². The van der Waals surface area contributed by atoms with Gasteiger partial charge in [-0.3, -0.25) is 25.2 Å². The Morgan fingerprint density at radius 1 is 0.958 bits per heavy atom. The fraction of sp³-hybridized carbons (Fsp3) is 0.250. The molecule has 0 unspecified atom stereocenters. The SMILES string of the molecule is Cc1ccc(NC(=O)CCC(=O)NNC(=O)C=CC(=O)O)cc1C. The van der Waals surface area contributed by atoms with Gasteiger partial charge >= 0.3 is 5.97 Å². The highest BCUT2D eigenvalue weighted by atomic mass is 16.4. The second-order valence-corrected chi connectivity index (χ2v) is 5.06. The van der Waals surface area contributed by atoms with Crippen LogP contribution in [-0.4, -0.2) is 28.8 Å². The Hall–Kier alpha value is -3.16. The van der Waals surface area contributed by atoms with Crippen molar-refractivity contribution in [1.29, 1.82) is 0 Å². The lowest BCUT2D eigenvalue weighted by atomic mass is 10.1. The summed E-state index contributed by atoms with van der Waals surface area (Å²) in [5.41, 5.74) is 6.89. The third-order valence-corrected chi connectivity index (χ3v) is 3.07. The average Bonchev–Trinajstić information content (AvgIpc) is 2.52. The van der Waals surface area contributed by atoms with Crippen molar-refractivity contribution in [2.75, 3.05) is 5.32 Å². The van der Waals surface area contributed by atoms with Gasteiger partial charge in [0.25, 0.3) is 5.91 Å². The Bertz CT molecular complexity index is 682. The molecule has 0 aliphatic rings. The largest absolute Gasteiger partial charge is 0.478 e. The van der Waals surface area contributed by atoms with Gasteiger partial charge in [0.1, 0.15) is 0 Å². The van der Waals surface area contributed by atoms with Gasteiger partial charge in [-0.1, -0.05) is 6.07 Å². The first kappa shape index (κ1) is 18.9. The third-order valence-electron chi connectivity index (χ3n) is 3.07. The van der Waals surface area contributed by atoms with Crippen molar-refractivity contribution in [1.82, 2.24) is 10.9 Å². The van der Waals surface area contributed by atoms with Gasteiger partial charge in [0.05, 0.1) is 0 Å². The summed E-state index contributed by atoms with van der Waals surface area (Å²) in [5, 5.41) is 11.0. The Morgan fingerprint density at radius 2 is 1.62 bits per heavy atom. The van der Waals surface area contributed by atoms with Crippen molar-refractivity contribution in [2.24, 2.45) is 0 Å². The van der Waals surface area contributed by atoms with E-state index in [1.807, 2.05) is 31.4 Å². The van der Waals surface area contributed by atoms with Crippen LogP contribution in [0.5, 0.6) is 0 Å². The quantitative estimate of drug-likeness (QED) is 0.453. The molecule has 0 aromatic heterocycles. The molecule has 0 aliphatic carbocycles. The highest BCUT2D eigenvalue weighted by molar-refractivity contribution is 5.96. The zero-order valence-corrected chi connectivity index (χ0v) is 13.4. The van der Waals surface area contributed by atoms with Crippen LogP contribution in [0.2, 0.25) is 0 Å². The number of anilines is 1. The van der Waals surface area contributed by atoms with Gasteiger partial charge in [-0.2, -0.15) is 0 Å². The number of aryl methyl sites for hydroxylation is 2. The number of hydrazine groups is 1. The molecule has 0 fully saturated rings. The highest BCUT2D eigenvalue weighted by Crippen LogP contribution is 2.14. The number of hydrogen-bond acceptors (Lipinski definition) is 4. The second-order valence-electron chi connectivity index (χ2n) is 5.06. The molecule has 0 spiro atoms. The minimum absolute atomic E-state index is 0.0560. The van der Waals surface area contributed by atoms with Crippen LogP contribution in [0.15, 0.2) is 30.4 Å². The van der Waals surface area contributed by atoms with Gasteiger partial charge < -0.3 is 10.4 Å². The molecule has 0 heterocycles. The molecular formula is C16H19N3O5. The fourth-order valence-corrected chi connectivity index (χ4v) is 1.65. The molecule has 0 saturated carbocycles. The molecule has 8 nitrogen and oxygen atoms in total. The lowest BCUT2D eigenvalue weighted by Crippen LogP contribution is -2.41. The standard InChI is InChI=1S/C16H19N3O5/c1-10-3-4-12(9-11(10)2)17-13(20)5-6-14(21)18-19-15(22)7-8-16(23)24/h3-4,7-9H,5-6H2,1-2H3,(H,17,20)(H,18,21)(H,19,22)(H,23,24). The molecule has 0 aliphatic heterocycles. The number of hydrogen-bond donors (Lipinski definition) is 4. The Balaban J connectivity index is 2.33. The van der Waals surface area contributed by atoms with Gasteiger partial charge in [-0.25, -0.2) is 4.79 Å². The average molecular weight is 333 g/mol. The van der Waals surface area contributed by atoms with Crippen molar-refractivity contribution in [3.8, 4) is 0 Å². The number of carboxylic acids is 1. The summed E-state index contributed by atoms with van der Waals surface area (Å²) in [6, 6.07) is 5.50. The first-order valence-electron chi connectivity index (χ1n) is 7.15. The van der Waals surface area contributed by atoms with Crippen LogP contribution in [0.3, 0.4) is 0 Å². The van der Waals surface area contributed by atoms with E-state index in [2.05, 4.69) is 10.7 Å². The van der Waals surface area contributed by atoms with Crippen LogP contribution in [0, 0.1) is 13.8 Å². The van der Waals surface area contributed by atoms with E-state index in [1.165, 1.54) is 0 Å². The maximum Gasteiger partial charge on any atom is 0.328 e. The molecule has 0 radical (unpaired) electrons. The summed E-state index contributed by atoms with van der Waals surface area (Å²) < 4.78 is 0. The number of benzene rings is 1. The topological polar surface area (TPSA) is 125 Å². The zero-order chi connectivity index (χ0) is 18.1. The number of rotatable bonds is 6. The van der Waals surface area contributed by atoms with E-state index in [4.69, 9.17) is 5.11 Å². The summed E-state index contributed by atoms with van der Waals surface area (Å²) in [5.74, 6) is -2.96. The van der Waals surface area contributed by atoms with Crippen molar-refractivity contribution in [3.63, 3.8) is 0 Å². The number of aliphatic carboxylic acids is 1. The Morgan fingerprint density at radius 3 is 2.25 bits per heavy atom. The number of carbonyl (C=O) groups is 4. The predicted octanol–water partition coefficient (Wildman–Crippen LogP) is 0.810. The Labute approximate surface area is 138 Å². The van der Waals surface area contributed by atoms with Crippen molar-refractivity contribution in [2.45, 2.75) is 26.7 Å². The smallest absolute Gasteiger partial charge is 0.328 e. The summed E-state index contributed by atoms with van der Waals surface area (Å²) in [7, 11) is 0. The minimum atomic E-state index is -1.28. The molecule has 4 N–H and O–H groups in total. The van der Waals surface area contributed by atoms with E-state index in [1.54, 1.807) is 6.07 Å². The van der Waals surface area contributed by atoms with Gasteiger partial charge in [0.2, 0.25) is 11.8 Å². The molecule has 128 valence electrons. The van der Waals surface area contributed by atoms with Gasteiger partial charge in [-0.05, 0) is 37.1 Å². The maximum atomic E-state index is 11.8. The predicted molar refractivity (Wildman–Crippen MR) is 86.8 cm³/mol. The van der Waals surface area contributed by atoms with Gasteiger partial charge in [-0.15, -0.1) is 0 Å². The molecule has 1 aromatic carbocycles. The minimum Gasteiger partial charge on any atom is -0.478 e. The van der Waals surface area contributed by atoms with Crippen LogP contribution in [-0.2, 0) is 19.2 Å². The van der Waals surface area contributed by atoms with E-state index in [-0.39, 0.29) is 18.7 Å². The number of amides is 3. The molecule has 3 amide bonds. The van der Waals surface area contributed by atoms with Crippen molar-refractivity contribution in [3.05, 3.63) is 41.5 Å². The highest BCUT2D eigenvalue weighted by Gasteiger charge is 2.08. The van der Waals surface area contributed by atoms with E-state index in [0.29, 0.717) is 11.8 Å². The van der Waals surface area contributed by atoms with E-state index < -0.39 is 17.8 Å². The van der Waals surface area contributed by atoms with E-state index in [0.717, 1.165) is 17.2 Å². The zero-order valence-electron chi connectivity index (χ0n) is 13.4. The molecule has 1 aromatic rings. The maximum absolute atomic E-state index is 11.8. The fourth-order valence-electron chi connectivity index (χ4n) is 1.65. The molecular weight excluding hydrogens is 314 g/mol. The molecule has 0 saturated heterocycles. The molecule has 24 heavy (non-hydrogen) atoms. The first-order chi connectivity index (χ1) is 11.3. The first-order valence-corrected chi connectivity index (χ1v) is 7.15. The lowest BCUT2D eigenvalue weighted by molar-refractivity contribution is -0.131. The van der Waals surface area contributed by atoms with Crippen molar-refractivity contribution < 1.29 is 24.3 Å². The van der Waals surface area contributed by atoms with Crippen LogP contribution in [0.4, 0.5) is 5.69 Å². The van der Waals surface area contributed by atoms with Crippen LogP contribution < -0.4 is 16.2 Å². The summed E-state index contributed by atoms with van der Waals surface area (Å²) in [4.78, 5) is 44.6. The lowest BCUT2D eigenvalue weighted by Gasteiger charge is -2.08. The molecule has 0 atom stereocenters. The molecule has 1 rings (SSSR count). The number of carboxylic acid groups (broad SMARTS) is 1. The van der Waals surface area contributed by atoms with Crippen LogP contribution >= 0.6 is 0 Å². The summed E-state index contributed by atoms with van der Waals surface area (Å²) in [6.07, 6.45) is 1.22. The van der Waals surface area contributed by atoms with E-state index >= 15 is 0 Å². The van der Waals surface area contributed by atoms with Gasteiger partial charge in [0, 0.05) is 30.7 Å². The van der Waals surface area contributed by atoms with Crippen molar-refractivity contribution >= 4 is 29.4 Å².